The van der Waals surface area contributed by atoms with Crippen molar-refractivity contribution in [1.29, 1.82) is 0 Å². The first kappa shape index (κ1) is 13.7. The molecule has 1 amide bonds. The molecule has 0 radical (unpaired) electrons. The van der Waals surface area contributed by atoms with Crippen LogP contribution in [0.1, 0.15) is 40.7 Å². The van der Waals surface area contributed by atoms with E-state index in [1.54, 1.807) is 0 Å². The van der Waals surface area contributed by atoms with E-state index in [-0.39, 0.29) is 5.91 Å². The third kappa shape index (κ3) is 4.19. The Morgan fingerprint density at radius 3 is 2.71 bits per heavy atom. The van der Waals surface area contributed by atoms with Gasteiger partial charge in [0.25, 0.3) is 5.91 Å². The predicted octanol–water partition coefficient (Wildman–Crippen LogP) is 2.16. The third-order valence-electron chi connectivity index (χ3n) is 3.02. The number of carbonyl (C=O) groups excluding carboxylic acids is 1. The first-order valence-corrected chi connectivity index (χ1v) is 6.21. The van der Waals surface area contributed by atoms with Crippen LogP contribution in [0.15, 0.2) is 18.2 Å². The molecule has 0 aliphatic carbocycles. The Labute approximate surface area is 103 Å². The number of hydrogen-bond acceptors (Lipinski definition) is 2. The fraction of sp³-hybridized carbons (Fsp3) is 0.500. The van der Waals surface area contributed by atoms with E-state index in [0.717, 1.165) is 49.0 Å². The van der Waals surface area contributed by atoms with E-state index >= 15 is 0 Å². The highest BCUT2D eigenvalue weighted by molar-refractivity contribution is 5.95. The molecule has 0 aliphatic rings. The van der Waals surface area contributed by atoms with Crippen molar-refractivity contribution in [2.45, 2.75) is 33.1 Å². The van der Waals surface area contributed by atoms with Gasteiger partial charge in [0, 0.05) is 12.1 Å². The summed E-state index contributed by atoms with van der Waals surface area (Å²) < 4.78 is 0. The normalized spacial score (nSPS) is 10.3. The standard InChI is InChI=1S/C14H22N2O/c1-11-7-6-8-13(12(11)2)14(17)16-10-5-3-4-9-15/h6-8H,3-5,9-10,15H2,1-2H3,(H,16,17). The Morgan fingerprint density at radius 1 is 1.24 bits per heavy atom. The van der Waals surface area contributed by atoms with Crippen LogP contribution >= 0.6 is 0 Å². The van der Waals surface area contributed by atoms with E-state index in [2.05, 4.69) is 5.32 Å². The SMILES string of the molecule is Cc1cccc(C(=O)NCCCCCN)c1C. The van der Waals surface area contributed by atoms with Crippen LogP contribution in [-0.4, -0.2) is 19.0 Å². The molecular weight excluding hydrogens is 212 g/mol. The highest BCUT2D eigenvalue weighted by atomic mass is 16.1. The summed E-state index contributed by atoms with van der Waals surface area (Å²) in [6.45, 7) is 5.46. The Bertz CT molecular complexity index is 374. The van der Waals surface area contributed by atoms with E-state index in [1.165, 1.54) is 0 Å². The number of benzene rings is 1. The van der Waals surface area contributed by atoms with Gasteiger partial charge < -0.3 is 11.1 Å². The Kier molecular flexibility index (Phi) is 5.70. The number of hydrogen-bond donors (Lipinski definition) is 2. The van der Waals surface area contributed by atoms with Crippen molar-refractivity contribution >= 4 is 5.91 Å². The summed E-state index contributed by atoms with van der Waals surface area (Å²) in [5.74, 6) is 0.0268. The average Bonchev–Trinajstić information content (AvgIpc) is 2.32. The number of unbranched alkanes of at least 4 members (excludes halogenated alkanes) is 2. The minimum Gasteiger partial charge on any atom is -0.352 e. The van der Waals surface area contributed by atoms with Gasteiger partial charge in [0.15, 0.2) is 0 Å². The fourth-order valence-electron chi connectivity index (χ4n) is 1.74. The molecule has 0 heterocycles. The molecular formula is C14H22N2O. The molecule has 3 N–H and O–H groups in total. The molecule has 1 aromatic rings. The molecule has 94 valence electrons. The summed E-state index contributed by atoms with van der Waals surface area (Å²) in [4.78, 5) is 11.9. The minimum atomic E-state index is 0.0268. The van der Waals surface area contributed by atoms with Crippen molar-refractivity contribution < 1.29 is 4.79 Å². The Hall–Kier alpha value is -1.35. The van der Waals surface area contributed by atoms with Crippen LogP contribution in [0.25, 0.3) is 0 Å². The Balaban J connectivity index is 2.44. The van der Waals surface area contributed by atoms with Gasteiger partial charge in [0.05, 0.1) is 0 Å². The van der Waals surface area contributed by atoms with Crippen molar-refractivity contribution in [2.24, 2.45) is 5.73 Å². The van der Waals surface area contributed by atoms with Crippen LogP contribution in [0.2, 0.25) is 0 Å². The quantitative estimate of drug-likeness (QED) is 0.741. The van der Waals surface area contributed by atoms with Crippen molar-refractivity contribution in [3.05, 3.63) is 34.9 Å². The lowest BCUT2D eigenvalue weighted by Crippen LogP contribution is -2.25. The van der Waals surface area contributed by atoms with Gasteiger partial charge in [-0.3, -0.25) is 4.79 Å². The molecule has 3 heteroatoms. The maximum Gasteiger partial charge on any atom is 0.251 e. The molecule has 0 fully saturated rings. The number of rotatable bonds is 6. The molecule has 0 atom stereocenters. The van der Waals surface area contributed by atoms with Gasteiger partial charge in [-0.1, -0.05) is 18.6 Å². The van der Waals surface area contributed by atoms with Crippen molar-refractivity contribution in [2.75, 3.05) is 13.1 Å². The summed E-state index contributed by atoms with van der Waals surface area (Å²) in [6, 6.07) is 5.82. The molecule has 0 aliphatic heterocycles. The second-order valence-corrected chi connectivity index (χ2v) is 4.35. The van der Waals surface area contributed by atoms with E-state index in [0.29, 0.717) is 0 Å². The number of carbonyl (C=O) groups is 1. The zero-order valence-corrected chi connectivity index (χ0v) is 10.8. The van der Waals surface area contributed by atoms with Gasteiger partial charge in [-0.2, -0.15) is 0 Å². The third-order valence-corrected chi connectivity index (χ3v) is 3.02. The van der Waals surface area contributed by atoms with Crippen molar-refractivity contribution in [3.63, 3.8) is 0 Å². The predicted molar refractivity (Wildman–Crippen MR) is 71.2 cm³/mol. The molecule has 17 heavy (non-hydrogen) atoms. The van der Waals surface area contributed by atoms with Crippen molar-refractivity contribution in [3.8, 4) is 0 Å². The fourth-order valence-corrected chi connectivity index (χ4v) is 1.74. The second kappa shape index (κ2) is 7.07. The van der Waals surface area contributed by atoms with Crippen LogP contribution in [0, 0.1) is 13.8 Å². The zero-order chi connectivity index (χ0) is 12.7. The van der Waals surface area contributed by atoms with Gasteiger partial charge in [0.2, 0.25) is 0 Å². The van der Waals surface area contributed by atoms with Crippen LogP contribution in [0.3, 0.4) is 0 Å². The highest BCUT2D eigenvalue weighted by Crippen LogP contribution is 2.12. The number of aryl methyl sites for hydroxylation is 1. The summed E-state index contributed by atoms with van der Waals surface area (Å²) in [7, 11) is 0. The Morgan fingerprint density at radius 2 is 2.00 bits per heavy atom. The molecule has 0 bridgehead atoms. The smallest absolute Gasteiger partial charge is 0.251 e. The van der Waals surface area contributed by atoms with Crippen molar-refractivity contribution in [1.82, 2.24) is 5.32 Å². The maximum atomic E-state index is 11.9. The highest BCUT2D eigenvalue weighted by Gasteiger charge is 2.08. The lowest BCUT2D eigenvalue weighted by atomic mass is 10.0. The molecule has 3 nitrogen and oxygen atoms in total. The zero-order valence-electron chi connectivity index (χ0n) is 10.8. The molecule has 0 unspecified atom stereocenters. The van der Waals surface area contributed by atoms with E-state index in [4.69, 9.17) is 5.73 Å². The lowest BCUT2D eigenvalue weighted by molar-refractivity contribution is 0.0952. The molecule has 0 spiro atoms. The topological polar surface area (TPSA) is 55.1 Å². The molecule has 0 saturated carbocycles. The van der Waals surface area contributed by atoms with Gasteiger partial charge in [-0.15, -0.1) is 0 Å². The van der Waals surface area contributed by atoms with Crippen LogP contribution in [0.5, 0.6) is 0 Å². The summed E-state index contributed by atoms with van der Waals surface area (Å²) >= 11 is 0. The van der Waals surface area contributed by atoms with Gasteiger partial charge in [0.1, 0.15) is 0 Å². The minimum absolute atomic E-state index is 0.0268. The maximum absolute atomic E-state index is 11.9. The van der Waals surface area contributed by atoms with Crippen LogP contribution in [0.4, 0.5) is 0 Å². The monoisotopic (exact) mass is 234 g/mol. The number of amides is 1. The lowest BCUT2D eigenvalue weighted by Gasteiger charge is -2.09. The summed E-state index contributed by atoms with van der Waals surface area (Å²) in [5.41, 5.74) is 8.41. The molecule has 0 saturated heterocycles. The van der Waals surface area contributed by atoms with Gasteiger partial charge >= 0.3 is 0 Å². The first-order chi connectivity index (χ1) is 8.16. The van der Waals surface area contributed by atoms with E-state index in [9.17, 15) is 4.79 Å². The summed E-state index contributed by atoms with van der Waals surface area (Å²) in [5, 5.41) is 2.95. The number of nitrogens with two attached hydrogens (primary N) is 1. The molecule has 1 aromatic carbocycles. The molecule has 1 rings (SSSR count). The first-order valence-electron chi connectivity index (χ1n) is 6.21. The second-order valence-electron chi connectivity index (χ2n) is 4.35. The molecule has 0 aromatic heterocycles. The van der Waals surface area contributed by atoms with Crippen LogP contribution in [-0.2, 0) is 0 Å². The van der Waals surface area contributed by atoms with Crippen LogP contribution < -0.4 is 11.1 Å². The summed E-state index contributed by atoms with van der Waals surface area (Å²) in [6.07, 6.45) is 3.09. The average molecular weight is 234 g/mol. The van der Waals surface area contributed by atoms with Gasteiger partial charge in [-0.25, -0.2) is 0 Å². The largest absolute Gasteiger partial charge is 0.352 e. The van der Waals surface area contributed by atoms with Gasteiger partial charge in [-0.05, 0) is 50.4 Å². The van der Waals surface area contributed by atoms with E-state index < -0.39 is 0 Å². The van der Waals surface area contributed by atoms with E-state index in [1.807, 2.05) is 32.0 Å². The number of nitrogens with one attached hydrogen (secondary N) is 1.